The molecule has 0 unspecified atom stereocenters. The van der Waals surface area contributed by atoms with Crippen LogP contribution in [0.25, 0.3) is 0 Å². The highest BCUT2D eigenvalue weighted by atomic mass is 16.1. The van der Waals surface area contributed by atoms with Crippen molar-refractivity contribution in [3.05, 3.63) is 16.3 Å². The lowest BCUT2D eigenvalue weighted by molar-refractivity contribution is 0.473. The summed E-state index contributed by atoms with van der Waals surface area (Å²) >= 11 is 0. The summed E-state index contributed by atoms with van der Waals surface area (Å²) in [5.41, 5.74) is 5.20. The highest BCUT2D eigenvalue weighted by molar-refractivity contribution is 5.04. The van der Waals surface area contributed by atoms with Gasteiger partial charge in [-0.2, -0.15) is 5.10 Å². The van der Waals surface area contributed by atoms with Crippen LogP contribution in [0.5, 0.6) is 0 Å². The predicted octanol–water partition coefficient (Wildman–Crippen LogP) is 0.100. The first kappa shape index (κ1) is 8.50. The van der Waals surface area contributed by atoms with E-state index in [2.05, 4.69) is 10.2 Å². The molecule has 13 heavy (non-hydrogen) atoms. The summed E-state index contributed by atoms with van der Waals surface area (Å²) in [4.78, 5) is 11.4. The molecule has 0 bridgehead atoms. The summed E-state index contributed by atoms with van der Waals surface area (Å²) in [5.74, 6) is 0.653. The van der Waals surface area contributed by atoms with Gasteiger partial charge in [0.25, 0.3) is 0 Å². The molecule has 2 rings (SSSR count). The highest BCUT2D eigenvalue weighted by Gasteiger charge is 2.32. The SMILES string of the molecule is CC(C)(N)c1n[nH]c(=O)n1C1CC1. The molecule has 3 N–H and O–H groups in total. The fraction of sp³-hybridized carbons (Fsp3) is 0.750. The number of aromatic nitrogens is 3. The number of hydrogen-bond acceptors (Lipinski definition) is 3. The third-order valence-electron chi connectivity index (χ3n) is 2.19. The van der Waals surface area contributed by atoms with Crippen LogP contribution in [0.2, 0.25) is 0 Å². The van der Waals surface area contributed by atoms with Gasteiger partial charge >= 0.3 is 5.69 Å². The Morgan fingerprint density at radius 2 is 2.23 bits per heavy atom. The Balaban J connectivity index is 2.51. The molecule has 5 nitrogen and oxygen atoms in total. The number of nitrogens with two attached hydrogens (primary N) is 1. The molecule has 1 fully saturated rings. The van der Waals surface area contributed by atoms with Crippen LogP contribution in [0, 0.1) is 0 Å². The Bertz CT molecular complexity index is 366. The summed E-state index contributed by atoms with van der Waals surface area (Å²) in [6.07, 6.45) is 2.12. The first-order valence-corrected chi connectivity index (χ1v) is 4.46. The van der Waals surface area contributed by atoms with Gasteiger partial charge in [-0.1, -0.05) is 0 Å². The maximum absolute atomic E-state index is 11.4. The van der Waals surface area contributed by atoms with Crippen LogP contribution in [0.4, 0.5) is 0 Å². The largest absolute Gasteiger partial charge is 0.343 e. The summed E-state index contributed by atoms with van der Waals surface area (Å²) in [6, 6.07) is 0.323. The zero-order valence-corrected chi connectivity index (χ0v) is 7.87. The lowest BCUT2D eigenvalue weighted by Crippen LogP contribution is -2.34. The Morgan fingerprint density at radius 3 is 2.69 bits per heavy atom. The minimum atomic E-state index is -0.554. The van der Waals surface area contributed by atoms with E-state index >= 15 is 0 Å². The van der Waals surface area contributed by atoms with E-state index in [0.29, 0.717) is 11.9 Å². The summed E-state index contributed by atoms with van der Waals surface area (Å²) in [7, 11) is 0. The maximum atomic E-state index is 11.4. The van der Waals surface area contributed by atoms with E-state index < -0.39 is 5.54 Å². The van der Waals surface area contributed by atoms with Gasteiger partial charge in [0.2, 0.25) is 0 Å². The second-order valence-corrected chi connectivity index (χ2v) is 4.18. The Kier molecular flexibility index (Phi) is 1.60. The minimum Gasteiger partial charge on any atom is -0.319 e. The summed E-state index contributed by atoms with van der Waals surface area (Å²) in [6.45, 7) is 3.70. The van der Waals surface area contributed by atoms with Crippen molar-refractivity contribution < 1.29 is 0 Å². The van der Waals surface area contributed by atoms with E-state index in [9.17, 15) is 4.79 Å². The Morgan fingerprint density at radius 1 is 1.62 bits per heavy atom. The fourth-order valence-corrected chi connectivity index (χ4v) is 1.43. The average molecular weight is 182 g/mol. The zero-order chi connectivity index (χ0) is 9.64. The van der Waals surface area contributed by atoms with E-state index in [1.54, 1.807) is 4.57 Å². The van der Waals surface area contributed by atoms with Gasteiger partial charge in [0.1, 0.15) is 0 Å². The Labute approximate surface area is 75.9 Å². The van der Waals surface area contributed by atoms with Crippen LogP contribution in [0.15, 0.2) is 4.79 Å². The van der Waals surface area contributed by atoms with Crippen molar-refractivity contribution in [1.29, 1.82) is 0 Å². The standard InChI is InChI=1S/C8H14N4O/c1-8(2,9)6-10-11-7(13)12(6)5-3-4-5/h5H,3-4,9H2,1-2H3,(H,11,13). The van der Waals surface area contributed by atoms with Gasteiger partial charge < -0.3 is 5.73 Å². The molecule has 5 heteroatoms. The van der Waals surface area contributed by atoms with Gasteiger partial charge in [0, 0.05) is 6.04 Å². The normalized spacial score (nSPS) is 17.8. The molecule has 1 aromatic heterocycles. The topological polar surface area (TPSA) is 76.7 Å². The van der Waals surface area contributed by atoms with Gasteiger partial charge in [-0.15, -0.1) is 0 Å². The fourth-order valence-electron chi connectivity index (χ4n) is 1.43. The van der Waals surface area contributed by atoms with Crippen molar-refractivity contribution in [2.45, 2.75) is 38.3 Å². The van der Waals surface area contributed by atoms with Crippen molar-refractivity contribution in [3.8, 4) is 0 Å². The average Bonchev–Trinajstić information content (AvgIpc) is 2.73. The first-order valence-electron chi connectivity index (χ1n) is 4.46. The lowest BCUT2D eigenvalue weighted by atomic mass is 10.1. The molecule has 0 spiro atoms. The first-order chi connectivity index (χ1) is 6.00. The van der Waals surface area contributed by atoms with Crippen LogP contribution < -0.4 is 11.4 Å². The number of H-pyrrole nitrogens is 1. The van der Waals surface area contributed by atoms with Gasteiger partial charge in [0.15, 0.2) is 5.82 Å². The molecule has 0 amide bonds. The van der Waals surface area contributed by atoms with Crippen molar-refractivity contribution in [2.75, 3.05) is 0 Å². The Hall–Kier alpha value is -1.10. The molecule has 1 aromatic rings. The van der Waals surface area contributed by atoms with Gasteiger partial charge in [0.05, 0.1) is 5.54 Å². The highest BCUT2D eigenvalue weighted by Crippen LogP contribution is 2.35. The number of aromatic amines is 1. The number of nitrogens with zero attached hydrogens (tertiary/aromatic N) is 2. The molecule has 0 saturated heterocycles. The van der Waals surface area contributed by atoms with Gasteiger partial charge in [-0.25, -0.2) is 9.89 Å². The van der Waals surface area contributed by atoms with E-state index in [4.69, 9.17) is 5.73 Å². The minimum absolute atomic E-state index is 0.143. The van der Waals surface area contributed by atoms with Crippen LogP contribution in [-0.4, -0.2) is 14.8 Å². The molecule has 0 aliphatic heterocycles. The molecular formula is C8H14N4O. The summed E-state index contributed by atoms with van der Waals surface area (Å²) < 4.78 is 1.68. The monoisotopic (exact) mass is 182 g/mol. The van der Waals surface area contributed by atoms with E-state index in [-0.39, 0.29) is 5.69 Å². The number of rotatable bonds is 2. The molecule has 1 heterocycles. The van der Waals surface area contributed by atoms with Crippen LogP contribution in [0.1, 0.15) is 38.6 Å². The van der Waals surface area contributed by atoms with Crippen LogP contribution in [-0.2, 0) is 5.54 Å². The summed E-state index contributed by atoms with van der Waals surface area (Å²) in [5, 5.41) is 6.39. The van der Waals surface area contributed by atoms with Crippen LogP contribution in [0.3, 0.4) is 0 Å². The third-order valence-corrected chi connectivity index (χ3v) is 2.19. The van der Waals surface area contributed by atoms with Crippen molar-refractivity contribution in [1.82, 2.24) is 14.8 Å². The van der Waals surface area contributed by atoms with Crippen molar-refractivity contribution in [3.63, 3.8) is 0 Å². The molecule has 0 radical (unpaired) electrons. The molecule has 1 aliphatic carbocycles. The quantitative estimate of drug-likeness (QED) is 0.681. The lowest BCUT2D eigenvalue weighted by Gasteiger charge is -2.17. The number of nitrogens with one attached hydrogen (secondary N) is 1. The molecule has 72 valence electrons. The van der Waals surface area contributed by atoms with Gasteiger partial charge in [-0.05, 0) is 26.7 Å². The molecule has 0 atom stereocenters. The maximum Gasteiger partial charge on any atom is 0.343 e. The molecular weight excluding hydrogens is 168 g/mol. The molecule has 1 saturated carbocycles. The third kappa shape index (κ3) is 1.39. The molecule has 1 aliphatic rings. The van der Waals surface area contributed by atoms with E-state index in [0.717, 1.165) is 12.8 Å². The smallest absolute Gasteiger partial charge is 0.319 e. The van der Waals surface area contributed by atoms with Crippen LogP contribution >= 0.6 is 0 Å². The van der Waals surface area contributed by atoms with E-state index in [1.807, 2.05) is 13.8 Å². The zero-order valence-electron chi connectivity index (χ0n) is 7.87. The second-order valence-electron chi connectivity index (χ2n) is 4.18. The van der Waals surface area contributed by atoms with Gasteiger partial charge in [-0.3, -0.25) is 4.57 Å². The van der Waals surface area contributed by atoms with Crippen molar-refractivity contribution in [2.24, 2.45) is 5.73 Å². The molecule has 0 aromatic carbocycles. The predicted molar refractivity (Wildman–Crippen MR) is 48.3 cm³/mol. The van der Waals surface area contributed by atoms with Crippen molar-refractivity contribution >= 4 is 0 Å². The second kappa shape index (κ2) is 2.45. The number of hydrogen-bond donors (Lipinski definition) is 2. The van der Waals surface area contributed by atoms with E-state index in [1.165, 1.54) is 0 Å².